The molecular weight excluding hydrogens is 214 g/mol. The lowest BCUT2D eigenvalue weighted by Crippen LogP contribution is -2.33. The summed E-state index contributed by atoms with van der Waals surface area (Å²) in [4.78, 5) is 9.35. The molecule has 0 bridgehead atoms. The van der Waals surface area contributed by atoms with Crippen molar-refractivity contribution in [2.45, 2.75) is 18.0 Å². The van der Waals surface area contributed by atoms with Crippen LogP contribution in [0.5, 0.6) is 0 Å². The normalized spacial score (nSPS) is 44.7. The smallest absolute Gasteiger partial charge is 0.294 e. The Hall–Kier alpha value is 0.750. The molecule has 0 spiro atoms. The van der Waals surface area contributed by atoms with Crippen LogP contribution in [0.2, 0.25) is 0 Å². The van der Waals surface area contributed by atoms with Gasteiger partial charge in [0.1, 0.15) is 0 Å². The van der Waals surface area contributed by atoms with Crippen LogP contribution in [0.3, 0.4) is 0 Å². The van der Waals surface area contributed by atoms with Gasteiger partial charge >= 0.3 is 0 Å². The number of alkyl halides is 3. The highest BCUT2D eigenvalue weighted by Gasteiger charge is 2.48. The average molecular weight is 221 g/mol. The highest BCUT2D eigenvalue weighted by Crippen LogP contribution is 2.36. The molecule has 0 N–H and O–H groups in total. The maximum atomic E-state index is 5.66. The van der Waals surface area contributed by atoms with Crippen LogP contribution in [0.15, 0.2) is 0 Å². The fourth-order valence-electron chi connectivity index (χ4n) is 0.606. The monoisotopic (exact) mass is 220 g/mol. The van der Waals surface area contributed by atoms with Crippen molar-refractivity contribution in [1.29, 1.82) is 0 Å². The summed E-state index contributed by atoms with van der Waals surface area (Å²) in [6, 6.07) is 0. The zero-order chi connectivity index (χ0) is 8.54. The van der Waals surface area contributed by atoms with E-state index < -0.39 is 11.0 Å². The Morgan fingerprint density at radius 2 is 1.82 bits per heavy atom. The van der Waals surface area contributed by atoms with Crippen molar-refractivity contribution < 1.29 is 14.5 Å². The number of halogens is 3. The molecule has 1 heterocycles. The Bertz CT molecular complexity index is 140. The lowest BCUT2D eigenvalue weighted by molar-refractivity contribution is -0.324. The van der Waals surface area contributed by atoms with Gasteiger partial charge in [-0.1, -0.05) is 11.6 Å². The molecule has 0 saturated carbocycles. The average Bonchev–Trinajstić information content (AvgIpc) is 2.30. The predicted octanol–water partition coefficient (Wildman–Crippen LogP) is 2.05. The summed E-state index contributed by atoms with van der Waals surface area (Å²) in [5, 5.41) is -1.40. The van der Waals surface area contributed by atoms with Crippen LogP contribution in [-0.2, 0) is 14.5 Å². The molecule has 0 aliphatic carbocycles. The fourth-order valence-corrected chi connectivity index (χ4v) is 0.999. The summed E-state index contributed by atoms with van der Waals surface area (Å²) >= 11 is 16.6. The van der Waals surface area contributed by atoms with Gasteiger partial charge in [-0.3, -0.25) is 4.74 Å². The second-order valence-electron chi connectivity index (χ2n) is 2.33. The standard InChI is InChI=1S/C5H7Cl3O3/c1-4(2-6)9-5(8,3-7)11-10-4/h2-3H2,1H3. The van der Waals surface area contributed by atoms with Gasteiger partial charge in [-0.15, -0.1) is 23.2 Å². The quantitative estimate of drug-likeness (QED) is 0.528. The van der Waals surface area contributed by atoms with Crippen LogP contribution in [-0.4, -0.2) is 22.8 Å². The van der Waals surface area contributed by atoms with Gasteiger partial charge in [0.15, 0.2) is 0 Å². The van der Waals surface area contributed by atoms with Crippen LogP contribution in [0.1, 0.15) is 6.92 Å². The molecule has 2 unspecified atom stereocenters. The Morgan fingerprint density at radius 1 is 1.18 bits per heavy atom. The number of hydrogen-bond acceptors (Lipinski definition) is 3. The minimum atomic E-state index is -1.40. The zero-order valence-electron chi connectivity index (χ0n) is 5.77. The van der Waals surface area contributed by atoms with Gasteiger partial charge in [-0.25, -0.2) is 0 Å². The first kappa shape index (κ1) is 9.84. The largest absolute Gasteiger partial charge is 0.298 e. The summed E-state index contributed by atoms with van der Waals surface area (Å²) in [7, 11) is 0. The van der Waals surface area contributed by atoms with Gasteiger partial charge in [0.05, 0.1) is 11.8 Å². The van der Waals surface area contributed by atoms with E-state index >= 15 is 0 Å². The van der Waals surface area contributed by atoms with Gasteiger partial charge in [0.2, 0.25) is 5.79 Å². The molecule has 6 heteroatoms. The van der Waals surface area contributed by atoms with Crippen molar-refractivity contribution in [1.82, 2.24) is 0 Å². The third-order valence-corrected chi connectivity index (χ3v) is 2.36. The Morgan fingerprint density at radius 3 is 2.09 bits per heavy atom. The summed E-state index contributed by atoms with van der Waals surface area (Å²) in [5.74, 6) is -0.905. The topological polar surface area (TPSA) is 27.7 Å². The first-order valence-corrected chi connectivity index (χ1v) is 4.36. The molecule has 0 aromatic rings. The summed E-state index contributed by atoms with van der Waals surface area (Å²) in [6.45, 7) is 1.61. The number of rotatable bonds is 2. The van der Waals surface area contributed by atoms with Crippen LogP contribution in [0, 0.1) is 0 Å². The van der Waals surface area contributed by atoms with Crippen molar-refractivity contribution >= 4 is 34.8 Å². The Kier molecular flexibility index (Phi) is 2.90. The van der Waals surface area contributed by atoms with Gasteiger partial charge in [0, 0.05) is 0 Å². The van der Waals surface area contributed by atoms with E-state index in [4.69, 9.17) is 44.4 Å². The maximum absolute atomic E-state index is 5.66. The minimum absolute atomic E-state index is 0.0268. The molecule has 1 rings (SSSR count). The third kappa shape index (κ3) is 2.11. The van der Waals surface area contributed by atoms with E-state index in [2.05, 4.69) is 4.89 Å². The molecule has 0 radical (unpaired) electrons. The summed E-state index contributed by atoms with van der Waals surface area (Å²) < 4.78 is 5.09. The van der Waals surface area contributed by atoms with Crippen LogP contribution in [0.4, 0.5) is 0 Å². The van der Waals surface area contributed by atoms with Crippen molar-refractivity contribution in [3.05, 3.63) is 0 Å². The second-order valence-corrected chi connectivity index (χ2v) is 3.44. The summed E-state index contributed by atoms with van der Waals surface area (Å²) in [5.41, 5.74) is 0. The van der Waals surface area contributed by atoms with E-state index in [0.717, 1.165) is 0 Å². The van der Waals surface area contributed by atoms with Crippen molar-refractivity contribution in [2.24, 2.45) is 0 Å². The molecule has 1 saturated heterocycles. The lowest BCUT2D eigenvalue weighted by atomic mass is 10.4. The van der Waals surface area contributed by atoms with Gasteiger partial charge in [-0.05, 0) is 6.92 Å². The molecule has 1 aliphatic rings. The molecule has 0 aromatic carbocycles. The van der Waals surface area contributed by atoms with E-state index in [9.17, 15) is 0 Å². The fraction of sp³-hybridized carbons (Fsp3) is 1.00. The van der Waals surface area contributed by atoms with Gasteiger partial charge in [-0.2, -0.15) is 9.78 Å². The van der Waals surface area contributed by atoms with Crippen molar-refractivity contribution in [2.75, 3.05) is 11.8 Å². The SMILES string of the molecule is CC1(CCl)OOC(Cl)(CCl)O1. The van der Waals surface area contributed by atoms with Crippen LogP contribution < -0.4 is 0 Å². The van der Waals surface area contributed by atoms with E-state index in [1.54, 1.807) is 6.92 Å². The highest BCUT2D eigenvalue weighted by atomic mass is 35.5. The van der Waals surface area contributed by atoms with E-state index in [0.29, 0.717) is 0 Å². The summed E-state index contributed by atoms with van der Waals surface area (Å²) in [6.07, 6.45) is 0. The first-order chi connectivity index (χ1) is 5.04. The van der Waals surface area contributed by atoms with E-state index in [1.807, 2.05) is 0 Å². The number of hydrogen-bond donors (Lipinski definition) is 0. The molecule has 1 aliphatic heterocycles. The van der Waals surface area contributed by atoms with Crippen LogP contribution >= 0.6 is 34.8 Å². The third-order valence-electron chi connectivity index (χ3n) is 1.11. The van der Waals surface area contributed by atoms with Crippen LogP contribution in [0.25, 0.3) is 0 Å². The molecular formula is C5H7Cl3O3. The molecule has 1 fully saturated rings. The molecule has 2 atom stereocenters. The highest BCUT2D eigenvalue weighted by molar-refractivity contribution is 6.29. The van der Waals surface area contributed by atoms with Crippen molar-refractivity contribution in [3.8, 4) is 0 Å². The molecule has 11 heavy (non-hydrogen) atoms. The molecule has 0 amide bonds. The predicted molar refractivity (Wildman–Crippen MR) is 41.7 cm³/mol. The Labute approximate surface area is 79.4 Å². The first-order valence-electron chi connectivity index (χ1n) is 2.91. The molecule has 3 nitrogen and oxygen atoms in total. The maximum Gasteiger partial charge on any atom is 0.294 e. The lowest BCUT2D eigenvalue weighted by Gasteiger charge is -2.17. The minimum Gasteiger partial charge on any atom is -0.298 e. The molecule has 66 valence electrons. The van der Waals surface area contributed by atoms with E-state index in [-0.39, 0.29) is 11.8 Å². The van der Waals surface area contributed by atoms with Gasteiger partial charge < -0.3 is 0 Å². The molecule has 0 aromatic heterocycles. The second kappa shape index (κ2) is 3.24. The van der Waals surface area contributed by atoms with Gasteiger partial charge in [0.25, 0.3) is 5.25 Å². The number of ether oxygens (including phenoxy) is 1. The zero-order valence-corrected chi connectivity index (χ0v) is 8.04. The van der Waals surface area contributed by atoms with E-state index in [1.165, 1.54) is 0 Å². The Balaban J connectivity index is 2.58. The van der Waals surface area contributed by atoms with Crippen molar-refractivity contribution in [3.63, 3.8) is 0 Å².